The van der Waals surface area contributed by atoms with E-state index in [-0.39, 0.29) is 34.7 Å². The minimum atomic E-state index is -2.35. The van der Waals surface area contributed by atoms with E-state index in [1.54, 1.807) is 41.3 Å². The molecule has 1 fully saturated rings. The lowest BCUT2D eigenvalue weighted by Gasteiger charge is -2.12. The van der Waals surface area contributed by atoms with E-state index in [4.69, 9.17) is 15.0 Å². The van der Waals surface area contributed by atoms with E-state index in [0.29, 0.717) is 39.9 Å². The number of thiol groups is 1. The standard InChI is InChI=1S/C32H27F3N4O3S2.H2O/c1-2-42-31(40)28-17-43-32(37-28)39-30(21-9-10-25(34)23(16-21)20-4-3-5-22(33)15-20)24(27(38-39)14-18-6-7-18)12-19-8-11-29(44(36)41)26(35)13-19;/h3-5,8-11,13,15-18H,2,6-7,12,14H2,1H3,(H2,36,41);1H2. The number of nitrogens with zero attached hydrogens (tertiary/aromatic N) is 3. The summed E-state index contributed by atoms with van der Waals surface area (Å²) in [5, 5.41) is 12.4. The normalized spacial score (nSPS) is 13.4. The van der Waals surface area contributed by atoms with Crippen molar-refractivity contribution in [2.45, 2.75) is 37.5 Å². The average molecular weight is 655 g/mol. The summed E-state index contributed by atoms with van der Waals surface area (Å²) in [6.07, 6.45) is 3.02. The summed E-state index contributed by atoms with van der Waals surface area (Å²) in [6, 6.07) is 14.6. The topological polar surface area (TPSA) is 130 Å². The highest BCUT2D eigenvalue weighted by Gasteiger charge is 2.29. The predicted molar refractivity (Wildman–Crippen MR) is 165 cm³/mol. The maximum Gasteiger partial charge on any atom is 0.357 e. The van der Waals surface area contributed by atoms with E-state index in [1.165, 1.54) is 47.7 Å². The molecule has 1 aliphatic rings. The van der Waals surface area contributed by atoms with Gasteiger partial charge in [-0.1, -0.05) is 22.4 Å². The van der Waals surface area contributed by atoms with Gasteiger partial charge in [0.2, 0.25) is 10.0 Å². The van der Waals surface area contributed by atoms with Crippen LogP contribution in [-0.2, 0) is 32.8 Å². The molecule has 1 atom stereocenters. The second kappa shape index (κ2) is 13.4. The zero-order chi connectivity index (χ0) is 31.0. The van der Waals surface area contributed by atoms with Crippen molar-refractivity contribution >= 4 is 28.3 Å². The number of halogens is 3. The minimum Gasteiger partial charge on any atom is -0.870 e. The van der Waals surface area contributed by atoms with Crippen LogP contribution in [0.15, 0.2) is 70.9 Å². The maximum atomic E-state index is 15.2. The van der Waals surface area contributed by atoms with E-state index in [0.717, 1.165) is 24.1 Å². The van der Waals surface area contributed by atoms with Crippen molar-refractivity contribution in [1.82, 2.24) is 14.8 Å². The van der Waals surface area contributed by atoms with Crippen LogP contribution in [0.4, 0.5) is 13.2 Å². The molecule has 0 saturated heterocycles. The lowest BCUT2D eigenvalue weighted by atomic mass is 9.94. The molecule has 0 bridgehead atoms. The Bertz CT molecular complexity index is 1910. The highest BCUT2D eigenvalue weighted by molar-refractivity contribution is 7.82. The van der Waals surface area contributed by atoms with Gasteiger partial charge in [0.1, 0.15) is 11.6 Å². The Balaban J connectivity index is 0.00000400. The average Bonchev–Trinajstić information content (AvgIpc) is 3.55. The van der Waals surface area contributed by atoms with Crippen LogP contribution in [0.1, 0.15) is 47.1 Å². The molecule has 13 heteroatoms. The van der Waals surface area contributed by atoms with Crippen LogP contribution in [0.5, 0.6) is 0 Å². The summed E-state index contributed by atoms with van der Waals surface area (Å²) in [6.45, 7) is 1.90. The number of aromatic nitrogens is 3. The van der Waals surface area contributed by atoms with Gasteiger partial charge in [0.25, 0.3) is 0 Å². The molecule has 3 N–H and O–H groups in total. The molecule has 0 aliphatic heterocycles. The first-order valence-electron chi connectivity index (χ1n) is 14.0. The fourth-order valence-corrected chi connectivity index (χ4v) is 6.37. The molecule has 0 amide bonds. The smallest absolute Gasteiger partial charge is 0.357 e. The Hall–Kier alpha value is -4.17. The zero-order valence-electron chi connectivity index (χ0n) is 24.0. The van der Waals surface area contributed by atoms with Crippen LogP contribution in [0.3, 0.4) is 0 Å². The van der Waals surface area contributed by atoms with Gasteiger partial charge in [-0.15, -0.1) is 16.5 Å². The van der Waals surface area contributed by atoms with Gasteiger partial charge in [-0.05, 0) is 85.7 Å². The van der Waals surface area contributed by atoms with Crippen molar-refractivity contribution in [2.24, 2.45) is 11.1 Å². The first kappa shape index (κ1) is 32.2. The zero-order valence-corrected chi connectivity index (χ0v) is 25.8. The van der Waals surface area contributed by atoms with Gasteiger partial charge < -0.3 is 10.2 Å². The monoisotopic (exact) mass is 654 g/mol. The summed E-state index contributed by atoms with van der Waals surface area (Å²) in [5.74, 6) is -1.82. The van der Waals surface area contributed by atoms with Gasteiger partial charge in [0, 0.05) is 28.5 Å². The highest BCUT2D eigenvalue weighted by atomic mass is 32.2. The van der Waals surface area contributed by atoms with Crippen molar-refractivity contribution < 1.29 is 32.4 Å². The molecule has 5 aromatic rings. The van der Waals surface area contributed by atoms with E-state index in [9.17, 15) is 17.8 Å². The third kappa shape index (κ3) is 6.91. The second-order valence-electron chi connectivity index (χ2n) is 10.6. The molecule has 1 unspecified atom stereocenters. The fraction of sp³-hybridized carbons (Fsp3) is 0.219. The molecule has 234 valence electrons. The van der Waals surface area contributed by atoms with Crippen LogP contribution in [0.2, 0.25) is 0 Å². The number of nitrogens with two attached hydrogens (primary N) is 1. The van der Waals surface area contributed by atoms with Crippen molar-refractivity contribution in [3.8, 4) is 27.5 Å². The number of esters is 1. The van der Waals surface area contributed by atoms with Gasteiger partial charge >= 0.3 is 5.97 Å². The third-order valence-electron chi connectivity index (χ3n) is 7.41. The van der Waals surface area contributed by atoms with Crippen LogP contribution in [0.25, 0.3) is 27.5 Å². The first-order chi connectivity index (χ1) is 21.2. The van der Waals surface area contributed by atoms with Gasteiger partial charge in [-0.2, -0.15) is 5.10 Å². The van der Waals surface area contributed by atoms with E-state index >= 15 is 4.39 Å². The number of ether oxygens (including phenoxy) is 1. The summed E-state index contributed by atoms with van der Waals surface area (Å²) >= 11 is 1.20. The molecule has 45 heavy (non-hydrogen) atoms. The Kier molecular flexibility index (Phi) is 9.63. The van der Waals surface area contributed by atoms with Gasteiger partial charge in [-0.3, -0.25) is 0 Å². The number of carbonyl (C=O) groups excluding carboxylic acids is 1. The number of thiazole rings is 1. The number of hydrogen-bond acceptors (Lipinski definition) is 7. The Morgan fingerprint density at radius 1 is 1.07 bits per heavy atom. The minimum absolute atomic E-state index is 0. The Morgan fingerprint density at radius 2 is 1.87 bits per heavy atom. The highest BCUT2D eigenvalue weighted by Crippen LogP contribution is 2.39. The second-order valence-corrected chi connectivity index (χ2v) is 12.5. The van der Waals surface area contributed by atoms with Crippen LogP contribution >= 0.6 is 11.3 Å². The molecule has 1 saturated carbocycles. The van der Waals surface area contributed by atoms with Gasteiger partial charge in [0.15, 0.2) is 22.5 Å². The molecule has 6 rings (SSSR count). The lowest BCUT2D eigenvalue weighted by molar-refractivity contribution is 0.0520. The van der Waals surface area contributed by atoms with Crippen LogP contribution in [0, 0.1) is 23.4 Å². The Labute approximate surface area is 263 Å². The van der Waals surface area contributed by atoms with Gasteiger partial charge in [-0.25, -0.2) is 27.6 Å². The maximum absolute atomic E-state index is 15.2. The molecular formula is C32H29F3N4O4S2. The summed E-state index contributed by atoms with van der Waals surface area (Å²) in [5.41, 5.74) is 3.97. The fourth-order valence-electron chi connectivity index (χ4n) is 5.13. The van der Waals surface area contributed by atoms with Gasteiger partial charge in [0.05, 0.1) is 18.0 Å². The molecule has 8 nitrogen and oxygen atoms in total. The number of hydrogen-bond donors (Lipinski definition) is 1. The van der Waals surface area contributed by atoms with Crippen molar-refractivity contribution in [3.63, 3.8) is 0 Å². The molecule has 1 aliphatic carbocycles. The summed E-state index contributed by atoms with van der Waals surface area (Å²) in [4.78, 5) is 16.9. The van der Waals surface area contributed by atoms with E-state index < -0.39 is 34.4 Å². The molecule has 2 heterocycles. The summed E-state index contributed by atoms with van der Waals surface area (Å²) < 4.78 is 62.7. The Morgan fingerprint density at radius 3 is 2.56 bits per heavy atom. The molecular weight excluding hydrogens is 626 g/mol. The number of carbonyl (C=O) groups is 1. The number of rotatable bonds is 10. The molecule has 3 aromatic carbocycles. The van der Waals surface area contributed by atoms with Crippen LogP contribution < -0.4 is 5.14 Å². The largest absolute Gasteiger partial charge is 0.870 e. The third-order valence-corrected chi connectivity index (χ3v) is 9.06. The number of benzene rings is 3. The predicted octanol–water partition coefficient (Wildman–Crippen LogP) is 6.55. The van der Waals surface area contributed by atoms with E-state index in [2.05, 4.69) is 4.98 Å². The summed E-state index contributed by atoms with van der Waals surface area (Å²) in [7, 11) is -2.35. The molecule has 2 aromatic heterocycles. The van der Waals surface area contributed by atoms with E-state index in [1.807, 2.05) is 0 Å². The molecule has 0 spiro atoms. The quantitative estimate of drug-likeness (QED) is 0.103. The van der Waals surface area contributed by atoms with Crippen molar-refractivity contribution in [3.05, 3.63) is 106 Å². The van der Waals surface area contributed by atoms with Crippen molar-refractivity contribution in [2.75, 3.05) is 6.61 Å². The molecule has 0 radical (unpaired) electrons. The van der Waals surface area contributed by atoms with Crippen LogP contribution in [-0.4, -0.2) is 32.8 Å². The van der Waals surface area contributed by atoms with Crippen molar-refractivity contribution in [1.29, 1.82) is 0 Å². The SMILES string of the molecule is CCOC(=O)c1csc(-n2nc(CC3CC3)c(Cc3ccc([SH+](N)=O)c(F)c3)c2-c2ccc(F)c(-c3cccc(F)c3)c2)n1.[OH-]. The lowest BCUT2D eigenvalue weighted by Crippen LogP contribution is -2.06. The first-order valence-corrected chi connectivity index (χ1v) is 16.2.